The number of amides is 2. The molecule has 1 aromatic heterocycles. The second kappa shape index (κ2) is 8.78. The lowest BCUT2D eigenvalue weighted by molar-refractivity contribution is -0.138. The van der Waals surface area contributed by atoms with Gasteiger partial charge in [0.05, 0.1) is 17.4 Å². The molecule has 172 valence electrons. The number of nitriles is 1. The van der Waals surface area contributed by atoms with Gasteiger partial charge in [-0.1, -0.05) is 12.1 Å². The lowest BCUT2D eigenvalue weighted by atomic mass is 10.0. The fourth-order valence-electron chi connectivity index (χ4n) is 3.62. The molecule has 33 heavy (non-hydrogen) atoms. The number of halogens is 3. The lowest BCUT2D eigenvalue weighted by Crippen LogP contribution is -2.44. The second-order valence-electron chi connectivity index (χ2n) is 8.00. The minimum atomic E-state index is -4.82. The Bertz CT molecular complexity index is 1160. The minimum absolute atomic E-state index is 0.00823. The Morgan fingerprint density at radius 2 is 1.88 bits per heavy atom. The molecule has 0 saturated carbocycles. The summed E-state index contributed by atoms with van der Waals surface area (Å²) in [4.78, 5) is 30.2. The fraction of sp³-hybridized carbons (Fsp3) is 0.318. The van der Waals surface area contributed by atoms with Crippen molar-refractivity contribution in [3.05, 3.63) is 53.3 Å². The molecule has 0 atom stereocenters. The van der Waals surface area contributed by atoms with Crippen LogP contribution in [-0.2, 0) is 22.2 Å². The number of nitrogens with two attached hydrogens (primary N) is 1. The number of aryl methyl sites for hydroxylation is 1. The molecule has 3 rings (SSSR count). The molecule has 2 aromatic rings. The van der Waals surface area contributed by atoms with Crippen molar-refractivity contribution >= 4 is 40.5 Å². The monoisotopic (exact) mass is 475 g/mol. The number of pyridine rings is 1. The smallest absolute Gasteiger partial charge is 0.370 e. The van der Waals surface area contributed by atoms with Gasteiger partial charge in [0.1, 0.15) is 11.6 Å². The number of hydrogen-bond acceptors (Lipinski definition) is 5. The van der Waals surface area contributed by atoms with Crippen LogP contribution in [0.5, 0.6) is 0 Å². The van der Waals surface area contributed by atoms with Crippen LogP contribution < -0.4 is 15.5 Å². The van der Waals surface area contributed by atoms with E-state index in [1.54, 1.807) is 30.9 Å². The first-order chi connectivity index (χ1) is 15.4. The lowest BCUT2D eigenvalue weighted by Gasteiger charge is -2.29. The molecular weight excluding hydrogens is 455 g/mol. The first-order valence-corrected chi connectivity index (χ1v) is 10.3. The molecule has 2 amide bonds. The molecule has 1 aliphatic rings. The highest BCUT2D eigenvalue weighted by Crippen LogP contribution is 2.39. The Labute approximate surface area is 193 Å². The molecule has 0 unspecified atom stereocenters. The number of carbonyl (C=O) groups excluding carboxylic acids is 2. The van der Waals surface area contributed by atoms with Crippen molar-refractivity contribution in [2.24, 2.45) is 5.73 Å². The molecule has 1 aliphatic heterocycles. The Hall–Kier alpha value is -3.52. The van der Waals surface area contributed by atoms with E-state index in [9.17, 15) is 22.8 Å². The van der Waals surface area contributed by atoms with Gasteiger partial charge in [0.2, 0.25) is 5.91 Å². The number of carbonyl (C=O) groups is 2. The van der Waals surface area contributed by atoms with Crippen LogP contribution in [0.15, 0.2) is 36.5 Å². The van der Waals surface area contributed by atoms with E-state index in [0.29, 0.717) is 24.6 Å². The number of anilines is 2. The molecular formula is C22H20F3N5O2S. The fourth-order valence-corrected chi connectivity index (χ4v) is 4.14. The standard InChI is InChI=1S/C22H20F3N5O2S/c1-21(2)19(32)29(15-10-16(22(23,24)25)17(11-26)28-12-15)20(33)30(21)14-8-6-13(7-9-14)4-3-5-18(27)31/h6-10,12H,3-5H2,1-2H3,(H2,27,31). The number of thiocarbonyl (C=S) groups is 1. The normalized spacial score (nSPS) is 15.6. The van der Waals surface area contributed by atoms with Crippen LogP contribution in [0.4, 0.5) is 24.5 Å². The van der Waals surface area contributed by atoms with E-state index < -0.39 is 28.9 Å². The molecule has 11 heteroatoms. The van der Waals surface area contributed by atoms with E-state index in [4.69, 9.17) is 23.2 Å². The highest BCUT2D eigenvalue weighted by Gasteiger charge is 2.50. The van der Waals surface area contributed by atoms with Gasteiger partial charge < -0.3 is 10.6 Å². The minimum Gasteiger partial charge on any atom is -0.370 e. The predicted molar refractivity (Wildman–Crippen MR) is 119 cm³/mol. The zero-order chi connectivity index (χ0) is 24.6. The summed E-state index contributed by atoms with van der Waals surface area (Å²) >= 11 is 5.49. The van der Waals surface area contributed by atoms with E-state index in [2.05, 4.69) is 4.98 Å². The zero-order valence-electron chi connectivity index (χ0n) is 17.8. The van der Waals surface area contributed by atoms with Gasteiger partial charge in [-0.2, -0.15) is 18.4 Å². The largest absolute Gasteiger partial charge is 0.419 e. The van der Waals surface area contributed by atoms with Crippen LogP contribution in [0.25, 0.3) is 0 Å². The summed E-state index contributed by atoms with van der Waals surface area (Å²) in [6.45, 7) is 3.23. The molecule has 0 spiro atoms. The maximum absolute atomic E-state index is 13.4. The van der Waals surface area contributed by atoms with Crippen molar-refractivity contribution < 1.29 is 22.8 Å². The van der Waals surface area contributed by atoms with Gasteiger partial charge in [-0.25, -0.2) is 4.98 Å². The number of nitrogens with zero attached hydrogens (tertiary/aromatic N) is 4. The number of aromatic nitrogens is 1. The molecule has 0 bridgehead atoms. The quantitative estimate of drug-likeness (QED) is 0.639. The maximum Gasteiger partial charge on any atom is 0.419 e. The SMILES string of the molecule is CC1(C)C(=O)N(c2cnc(C#N)c(C(F)(F)F)c2)C(=S)N1c1ccc(CCCC(N)=O)cc1. The summed E-state index contributed by atoms with van der Waals surface area (Å²) in [5.74, 6) is -0.905. The maximum atomic E-state index is 13.4. The highest BCUT2D eigenvalue weighted by molar-refractivity contribution is 7.81. The summed E-state index contributed by atoms with van der Waals surface area (Å²) in [5, 5.41) is 8.96. The Kier molecular flexibility index (Phi) is 6.42. The molecule has 7 nitrogen and oxygen atoms in total. The second-order valence-corrected chi connectivity index (χ2v) is 8.37. The topological polar surface area (TPSA) is 103 Å². The van der Waals surface area contributed by atoms with E-state index in [0.717, 1.165) is 16.7 Å². The Balaban J connectivity index is 1.94. The van der Waals surface area contributed by atoms with E-state index in [1.807, 2.05) is 12.1 Å². The van der Waals surface area contributed by atoms with E-state index >= 15 is 0 Å². The Morgan fingerprint density at radius 1 is 1.24 bits per heavy atom. The predicted octanol–water partition coefficient (Wildman–Crippen LogP) is 3.70. The van der Waals surface area contributed by atoms with Crippen molar-refractivity contribution in [3.63, 3.8) is 0 Å². The molecule has 1 fully saturated rings. The highest BCUT2D eigenvalue weighted by atomic mass is 32.1. The van der Waals surface area contributed by atoms with Gasteiger partial charge >= 0.3 is 6.18 Å². The molecule has 2 heterocycles. The van der Waals surface area contributed by atoms with Gasteiger partial charge in [-0.15, -0.1) is 0 Å². The third kappa shape index (κ3) is 4.66. The number of alkyl halides is 3. The van der Waals surface area contributed by atoms with Gasteiger partial charge in [0.25, 0.3) is 5.91 Å². The van der Waals surface area contributed by atoms with Crippen molar-refractivity contribution in [3.8, 4) is 6.07 Å². The van der Waals surface area contributed by atoms with Crippen LogP contribution in [0.1, 0.15) is 43.5 Å². The number of primary amides is 1. The third-order valence-corrected chi connectivity index (χ3v) is 5.66. The first kappa shape index (κ1) is 24.1. The average Bonchev–Trinajstić information content (AvgIpc) is 2.91. The van der Waals surface area contributed by atoms with Gasteiger partial charge in [0.15, 0.2) is 10.8 Å². The van der Waals surface area contributed by atoms with Gasteiger partial charge in [-0.05, 0) is 62.7 Å². The van der Waals surface area contributed by atoms with Crippen molar-refractivity contribution in [2.45, 2.75) is 44.8 Å². The van der Waals surface area contributed by atoms with E-state index in [1.165, 1.54) is 6.07 Å². The molecule has 1 aromatic carbocycles. The van der Waals surface area contributed by atoms with Crippen molar-refractivity contribution in [2.75, 3.05) is 9.80 Å². The number of rotatable bonds is 6. The average molecular weight is 475 g/mol. The van der Waals surface area contributed by atoms with Crippen LogP contribution in [0.2, 0.25) is 0 Å². The van der Waals surface area contributed by atoms with Crippen molar-refractivity contribution in [1.29, 1.82) is 5.26 Å². The molecule has 0 radical (unpaired) electrons. The summed E-state index contributed by atoms with van der Waals surface area (Å²) < 4.78 is 40.2. The molecule has 1 saturated heterocycles. The van der Waals surface area contributed by atoms with Crippen LogP contribution in [-0.4, -0.2) is 27.4 Å². The van der Waals surface area contributed by atoms with Crippen LogP contribution in [0.3, 0.4) is 0 Å². The summed E-state index contributed by atoms with van der Waals surface area (Å²) in [7, 11) is 0. The first-order valence-electron chi connectivity index (χ1n) is 9.91. The summed E-state index contributed by atoms with van der Waals surface area (Å²) in [6, 6.07) is 9.28. The number of benzene rings is 1. The number of hydrogen-bond donors (Lipinski definition) is 1. The van der Waals surface area contributed by atoms with Crippen molar-refractivity contribution in [1.82, 2.24) is 4.98 Å². The third-order valence-electron chi connectivity index (χ3n) is 5.29. The van der Waals surface area contributed by atoms with E-state index in [-0.39, 0.29) is 23.1 Å². The van der Waals surface area contributed by atoms with Crippen LogP contribution >= 0.6 is 12.2 Å². The molecule has 2 N–H and O–H groups in total. The zero-order valence-corrected chi connectivity index (χ0v) is 18.6. The van der Waals surface area contributed by atoms with Gasteiger partial charge in [0, 0.05) is 12.1 Å². The molecule has 0 aliphatic carbocycles. The van der Waals surface area contributed by atoms with Gasteiger partial charge in [-0.3, -0.25) is 14.5 Å². The summed E-state index contributed by atoms with van der Waals surface area (Å²) in [5.41, 5.74) is 3.31. The van der Waals surface area contributed by atoms with Crippen LogP contribution in [0, 0.1) is 11.3 Å². The Morgan fingerprint density at radius 3 is 2.42 bits per heavy atom. The summed E-state index contributed by atoms with van der Waals surface area (Å²) in [6.07, 6.45) is -2.29.